The normalized spacial score (nSPS) is 11.2. The van der Waals surface area contributed by atoms with Crippen LogP contribution in [0.2, 0.25) is 0 Å². The molecule has 2 rings (SSSR count). The fourth-order valence-electron chi connectivity index (χ4n) is 2.54. The van der Waals surface area contributed by atoms with Crippen molar-refractivity contribution in [3.8, 4) is 6.07 Å². The minimum absolute atomic E-state index is 0.00319. The van der Waals surface area contributed by atoms with Crippen molar-refractivity contribution in [2.75, 3.05) is 6.61 Å². The molecule has 0 bridgehead atoms. The molecule has 0 unspecified atom stereocenters. The van der Waals surface area contributed by atoms with E-state index in [0.29, 0.717) is 16.8 Å². The number of carbonyl (C=O) groups is 2. The summed E-state index contributed by atoms with van der Waals surface area (Å²) in [5, 5.41) is 9.35. The van der Waals surface area contributed by atoms with Gasteiger partial charge in [-0.1, -0.05) is 0 Å². The Balaban J connectivity index is 2.45. The molecule has 0 fully saturated rings. The lowest BCUT2D eigenvalue weighted by Gasteiger charge is -2.03. The number of ether oxygens (including phenoxy) is 1. The lowest BCUT2D eigenvalue weighted by molar-refractivity contribution is 0.0525. The fourth-order valence-corrected chi connectivity index (χ4v) is 2.54. The summed E-state index contributed by atoms with van der Waals surface area (Å²) < 4.78 is 6.82. The van der Waals surface area contributed by atoms with Gasteiger partial charge in [0.05, 0.1) is 17.9 Å². The molecule has 24 heavy (non-hydrogen) atoms. The summed E-state index contributed by atoms with van der Waals surface area (Å²) in [6.45, 7) is 5.34. The van der Waals surface area contributed by atoms with E-state index >= 15 is 0 Å². The number of H-pyrrole nitrogens is 1. The molecule has 6 heteroatoms. The van der Waals surface area contributed by atoms with Crippen LogP contribution in [0.5, 0.6) is 0 Å². The van der Waals surface area contributed by atoms with Gasteiger partial charge in [-0.3, -0.25) is 4.79 Å². The Labute approximate surface area is 140 Å². The van der Waals surface area contributed by atoms with Gasteiger partial charge in [-0.25, -0.2) is 4.79 Å². The van der Waals surface area contributed by atoms with Crippen LogP contribution in [-0.2, 0) is 11.8 Å². The van der Waals surface area contributed by atoms with Gasteiger partial charge in [0.2, 0.25) is 5.78 Å². The summed E-state index contributed by atoms with van der Waals surface area (Å²) in [4.78, 5) is 27.6. The first-order chi connectivity index (χ1) is 11.4. The number of nitrogens with zero attached hydrogens (tertiary/aromatic N) is 2. The van der Waals surface area contributed by atoms with Crippen molar-refractivity contribution in [1.29, 1.82) is 5.26 Å². The number of rotatable bonds is 5. The average molecular weight is 325 g/mol. The Morgan fingerprint density at radius 1 is 1.42 bits per heavy atom. The SMILES string of the molecule is CCOC(=O)c1c(C)[nH]c(C(=O)C(C#N)=Cc2cccn2C)c1C. The average Bonchev–Trinajstić information content (AvgIpc) is 3.07. The number of ketones is 1. The second-order valence-electron chi connectivity index (χ2n) is 5.39. The predicted octanol–water partition coefficient (Wildman–Crippen LogP) is 2.94. The number of allylic oxidation sites excluding steroid dienone is 1. The monoisotopic (exact) mass is 325 g/mol. The van der Waals surface area contributed by atoms with Crippen LogP contribution in [0.25, 0.3) is 6.08 Å². The van der Waals surface area contributed by atoms with Gasteiger partial charge < -0.3 is 14.3 Å². The summed E-state index contributed by atoms with van der Waals surface area (Å²) in [5.41, 5.74) is 2.35. The molecule has 0 aliphatic rings. The Kier molecular flexibility index (Phi) is 5.05. The summed E-state index contributed by atoms with van der Waals surface area (Å²) in [7, 11) is 1.83. The number of aryl methyl sites for hydroxylation is 2. The van der Waals surface area contributed by atoms with E-state index in [-0.39, 0.29) is 17.9 Å². The second kappa shape index (κ2) is 7.01. The molecule has 0 atom stereocenters. The largest absolute Gasteiger partial charge is 0.462 e. The van der Waals surface area contributed by atoms with Gasteiger partial charge in [0.25, 0.3) is 0 Å². The summed E-state index contributed by atoms with van der Waals surface area (Å²) in [5.74, 6) is -0.928. The van der Waals surface area contributed by atoms with E-state index < -0.39 is 11.8 Å². The minimum Gasteiger partial charge on any atom is -0.462 e. The topological polar surface area (TPSA) is 87.9 Å². The van der Waals surface area contributed by atoms with Crippen LogP contribution in [0.4, 0.5) is 0 Å². The molecule has 0 aliphatic carbocycles. The smallest absolute Gasteiger partial charge is 0.340 e. The standard InChI is InChI=1S/C18H19N3O3/c1-5-24-18(23)15-11(2)16(20-12(15)3)17(22)13(10-19)9-14-7-6-8-21(14)4/h6-9,20H,5H2,1-4H3. The molecule has 0 spiro atoms. The lowest BCUT2D eigenvalue weighted by atomic mass is 10.0. The van der Waals surface area contributed by atoms with Crippen molar-refractivity contribution in [3.63, 3.8) is 0 Å². The van der Waals surface area contributed by atoms with Gasteiger partial charge in [-0.15, -0.1) is 0 Å². The van der Waals surface area contributed by atoms with Crippen molar-refractivity contribution < 1.29 is 14.3 Å². The zero-order chi connectivity index (χ0) is 17.9. The molecule has 2 aromatic rings. The molecule has 0 radical (unpaired) electrons. The molecule has 1 N–H and O–H groups in total. The number of hydrogen-bond donors (Lipinski definition) is 1. The maximum Gasteiger partial charge on any atom is 0.340 e. The molecule has 0 saturated carbocycles. The highest BCUT2D eigenvalue weighted by atomic mass is 16.5. The molecular formula is C18H19N3O3. The third-order valence-electron chi connectivity index (χ3n) is 3.79. The lowest BCUT2D eigenvalue weighted by Crippen LogP contribution is -2.08. The van der Waals surface area contributed by atoms with Crippen LogP contribution in [0, 0.1) is 25.2 Å². The Hall–Kier alpha value is -3.07. The molecule has 2 heterocycles. The molecule has 2 aromatic heterocycles. The Morgan fingerprint density at radius 2 is 2.12 bits per heavy atom. The highest BCUT2D eigenvalue weighted by molar-refractivity contribution is 6.15. The molecule has 0 amide bonds. The zero-order valence-electron chi connectivity index (χ0n) is 14.1. The van der Waals surface area contributed by atoms with Crippen LogP contribution in [-0.4, -0.2) is 27.9 Å². The predicted molar refractivity (Wildman–Crippen MR) is 89.6 cm³/mol. The van der Waals surface area contributed by atoms with Crippen LogP contribution >= 0.6 is 0 Å². The number of carbonyl (C=O) groups excluding carboxylic acids is 2. The number of nitriles is 1. The first kappa shape index (κ1) is 17.3. The van der Waals surface area contributed by atoms with Crippen LogP contribution in [0.15, 0.2) is 23.9 Å². The zero-order valence-corrected chi connectivity index (χ0v) is 14.1. The molecular weight excluding hydrogens is 306 g/mol. The fraction of sp³-hybridized carbons (Fsp3) is 0.278. The highest BCUT2D eigenvalue weighted by Crippen LogP contribution is 2.22. The van der Waals surface area contributed by atoms with Crippen molar-refractivity contribution in [3.05, 3.63) is 52.1 Å². The van der Waals surface area contributed by atoms with Crippen LogP contribution in [0.1, 0.15) is 44.7 Å². The quantitative estimate of drug-likeness (QED) is 0.396. The van der Waals surface area contributed by atoms with Gasteiger partial charge in [-0.05, 0) is 44.5 Å². The third kappa shape index (κ3) is 3.15. The van der Waals surface area contributed by atoms with E-state index in [1.807, 2.05) is 36.0 Å². The molecule has 6 nitrogen and oxygen atoms in total. The van der Waals surface area contributed by atoms with Gasteiger partial charge in [0, 0.05) is 24.6 Å². The highest BCUT2D eigenvalue weighted by Gasteiger charge is 2.24. The number of hydrogen-bond acceptors (Lipinski definition) is 4. The first-order valence-electron chi connectivity index (χ1n) is 7.54. The summed E-state index contributed by atoms with van der Waals surface area (Å²) in [6, 6.07) is 5.57. The van der Waals surface area contributed by atoms with Gasteiger partial charge >= 0.3 is 5.97 Å². The number of aromatic nitrogens is 2. The minimum atomic E-state index is -0.479. The van der Waals surface area contributed by atoms with Crippen molar-refractivity contribution in [1.82, 2.24) is 9.55 Å². The molecule has 0 aromatic carbocycles. The maximum absolute atomic E-state index is 12.7. The Bertz CT molecular complexity index is 863. The van der Waals surface area contributed by atoms with Crippen LogP contribution < -0.4 is 0 Å². The molecule has 0 saturated heterocycles. The van der Waals surface area contributed by atoms with Crippen molar-refractivity contribution >= 4 is 17.8 Å². The Morgan fingerprint density at radius 3 is 2.67 bits per heavy atom. The van der Waals surface area contributed by atoms with E-state index in [1.165, 1.54) is 6.08 Å². The number of esters is 1. The van der Waals surface area contributed by atoms with E-state index in [1.54, 1.807) is 20.8 Å². The molecule has 0 aliphatic heterocycles. The number of nitrogens with one attached hydrogen (secondary N) is 1. The number of aromatic amines is 1. The van der Waals surface area contributed by atoms with Crippen molar-refractivity contribution in [2.45, 2.75) is 20.8 Å². The molecule has 124 valence electrons. The van der Waals surface area contributed by atoms with E-state index in [4.69, 9.17) is 4.74 Å². The number of Topliss-reactive ketones (excluding diaryl/α,β-unsaturated/α-hetero) is 1. The van der Waals surface area contributed by atoms with Gasteiger partial charge in [-0.2, -0.15) is 5.26 Å². The van der Waals surface area contributed by atoms with E-state index in [9.17, 15) is 14.9 Å². The van der Waals surface area contributed by atoms with E-state index in [0.717, 1.165) is 5.69 Å². The van der Waals surface area contributed by atoms with Gasteiger partial charge in [0.15, 0.2) is 0 Å². The summed E-state index contributed by atoms with van der Waals surface area (Å²) >= 11 is 0. The third-order valence-corrected chi connectivity index (χ3v) is 3.79. The first-order valence-corrected chi connectivity index (χ1v) is 7.54. The van der Waals surface area contributed by atoms with E-state index in [2.05, 4.69) is 4.98 Å². The second-order valence-corrected chi connectivity index (χ2v) is 5.39. The summed E-state index contributed by atoms with van der Waals surface area (Å²) in [6.07, 6.45) is 3.36. The maximum atomic E-state index is 12.7. The van der Waals surface area contributed by atoms with Gasteiger partial charge in [0.1, 0.15) is 11.6 Å². The van der Waals surface area contributed by atoms with Crippen LogP contribution in [0.3, 0.4) is 0 Å². The van der Waals surface area contributed by atoms with Crippen molar-refractivity contribution in [2.24, 2.45) is 7.05 Å².